The van der Waals surface area contributed by atoms with Crippen molar-refractivity contribution in [2.45, 2.75) is 57.6 Å². The SMILES string of the molecule is [B]C(Nc1cc(Cl)c2ncc(C#N)c(N[C@H](CC#N)C(C)(C)C)c2c1)(c1ccc(F)cc1)c1cn(C2CC2)nn1. The fourth-order valence-corrected chi connectivity index (χ4v) is 4.88. The van der Waals surface area contributed by atoms with Crippen LogP contribution in [0, 0.1) is 33.9 Å². The highest BCUT2D eigenvalue weighted by molar-refractivity contribution is 6.36. The number of fused-ring (bicyclic) bond motifs is 1. The molecule has 11 heteroatoms. The molecule has 0 bridgehead atoms. The zero-order chi connectivity index (χ0) is 28.7. The highest BCUT2D eigenvalue weighted by atomic mass is 35.5. The third-order valence-electron chi connectivity index (χ3n) is 7.18. The van der Waals surface area contributed by atoms with E-state index >= 15 is 0 Å². The van der Waals surface area contributed by atoms with E-state index in [1.54, 1.807) is 35.1 Å². The van der Waals surface area contributed by atoms with Gasteiger partial charge in [-0.05, 0) is 48.1 Å². The Morgan fingerprint density at radius 2 is 1.93 bits per heavy atom. The minimum atomic E-state index is -1.39. The summed E-state index contributed by atoms with van der Waals surface area (Å²) in [6.45, 7) is 6.08. The van der Waals surface area contributed by atoms with Crippen LogP contribution in [0.5, 0.6) is 0 Å². The second-order valence-electron chi connectivity index (χ2n) is 11.2. The van der Waals surface area contributed by atoms with Gasteiger partial charge >= 0.3 is 0 Å². The highest BCUT2D eigenvalue weighted by Crippen LogP contribution is 2.39. The van der Waals surface area contributed by atoms with Crippen molar-refractivity contribution in [3.63, 3.8) is 0 Å². The molecule has 5 rings (SSSR count). The van der Waals surface area contributed by atoms with Crippen molar-refractivity contribution in [2.24, 2.45) is 5.41 Å². The predicted molar refractivity (Wildman–Crippen MR) is 153 cm³/mol. The van der Waals surface area contributed by atoms with Gasteiger partial charge in [0.15, 0.2) is 0 Å². The molecule has 0 spiro atoms. The number of hydrogen-bond acceptors (Lipinski definition) is 7. The number of hydrogen-bond donors (Lipinski definition) is 2. The number of aromatic nitrogens is 4. The molecular formula is C29H27BClFN8. The van der Waals surface area contributed by atoms with Gasteiger partial charge in [0.25, 0.3) is 0 Å². The molecule has 2 aromatic heterocycles. The van der Waals surface area contributed by atoms with Crippen LogP contribution in [-0.4, -0.2) is 33.9 Å². The van der Waals surface area contributed by atoms with Gasteiger partial charge in [-0.2, -0.15) is 10.5 Å². The second-order valence-corrected chi connectivity index (χ2v) is 11.6. The summed E-state index contributed by atoms with van der Waals surface area (Å²) in [5.74, 6) is -0.391. The molecule has 1 fully saturated rings. The van der Waals surface area contributed by atoms with E-state index in [9.17, 15) is 14.9 Å². The first kappa shape index (κ1) is 27.4. The van der Waals surface area contributed by atoms with Gasteiger partial charge in [0.1, 0.15) is 25.4 Å². The first-order valence-corrected chi connectivity index (χ1v) is 13.3. The van der Waals surface area contributed by atoms with Crippen molar-refractivity contribution in [1.82, 2.24) is 20.0 Å². The van der Waals surface area contributed by atoms with Crippen LogP contribution in [0.2, 0.25) is 5.02 Å². The van der Waals surface area contributed by atoms with Crippen molar-refractivity contribution in [1.29, 1.82) is 10.5 Å². The average Bonchev–Trinajstić information content (AvgIpc) is 3.64. The monoisotopic (exact) mass is 552 g/mol. The molecule has 1 unspecified atom stereocenters. The Morgan fingerprint density at radius 1 is 1.20 bits per heavy atom. The Kier molecular flexibility index (Phi) is 7.16. The summed E-state index contributed by atoms with van der Waals surface area (Å²) in [4.78, 5) is 4.44. The number of nitrogens with one attached hydrogen (secondary N) is 2. The van der Waals surface area contributed by atoms with Gasteiger partial charge in [-0.3, -0.25) is 4.98 Å². The summed E-state index contributed by atoms with van der Waals surface area (Å²) < 4.78 is 15.6. The molecule has 40 heavy (non-hydrogen) atoms. The summed E-state index contributed by atoms with van der Waals surface area (Å²) in [5.41, 5.74) is 1.21. The van der Waals surface area contributed by atoms with Crippen LogP contribution < -0.4 is 10.6 Å². The minimum absolute atomic E-state index is 0.233. The first-order valence-electron chi connectivity index (χ1n) is 12.9. The van der Waals surface area contributed by atoms with Crippen LogP contribution >= 0.6 is 11.6 Å². The smallest absolute Gasteiger partial charge is 0.123 e. The van der Waals surface area contributed by atoms with E-state index < -0.39 is 11.3 Å². The molecule has 2 N–H and O–H groups in total. The van der Waals surface area contributed by atoms with Crippen molar-refractivity contribution in [3.8, 4) is 12.1 Å². The molecule has 0 saturated heterocycles. The second kappa shape index (κ2) is 10.4. The van der Waals surface area contributed by atoms with E-state index in [0.29, 0.717) is 50.2 Å². The Morgan fingerprint density at radius 3 is 2.55 bits per heavy atom. The molecule has 2 atom stereocenters. The summed E-state index contributed by atoms with van der Waals surface area (Å²) in [7, 11) is 7.01. The van der Waals surface area contributed by atoms with Crippen molar-refractivity contribution in [3.05, 3.63) is 76.5 Å². The third kappa shape index (κ3) is 5.32. The van der Waals surface area contributed by atoms with Crippen LogP contribution in [0.4, 0.5) is 15.8 Å². The van der Waals surface area contributed by atoms with Crippen molar-refractivity contribution >= 4 is 41.7 Å². The Labute approximate surface area is 238 Å². The Balaban J connectivity index is 1.64. The van der Waals surface area contributed by atoms with E-state index in [0.717, 1.165) is 12.8 Å². The Hall–Kier alpha value is -4.15. The summed E-state index contributed by atoms with van der Waals surface area (Å²) >= 11 is 6.72. The number of benzene rings is 2. The fraction of sp³-hybridized carbons (Fsp3) is 0.345. The van der Waals surface area contributed by atoms with E-state index in [1.807, 2.05) is 20.8 Å². The van der Waals surface area contributed by atoms with Gasteiger partial charge in [-0.25, -0.2) is 9.07 Å². The number of anilines is 2. The van der Waals surface area contributed by atoms with Gasteiger partial charge < -0.3 is 10.6 Å². The average molecular weight is 553 g/mol. The summed E-state index contributed by atoms with van der Waals surface area (Å²) in [5, 5.41) is 35.7. The quantitative estimate of drug-likeness (QED) is 0.256. The van der Waals surface area contributed by atoms with E-state index in [1.165, 1.54) is 18.3 Å². The van der Waals surface area contributed by atoms with Crippen LogP contribution in [0.15, 0.2) is 48.8 Å². The first-order chi connectivity index (χ1) is 19.0. The van der Waals surface area contributed by atoms with Crippen molar-refractivity contribution < 1.29 is 4.39 Å². The van der Waals surface area contributed by atoms with E-state index in [4.69, 9.17) is 19.4 Å². The number of nitriles is 2. The van der Waals surface area contributed by atoms with Crippen LogP contribution in [0.1, 0.15) is 62.9 Å². The molecule has 4 aromatic rings. The lowest BCUT2D eigenvalue weighted by molar-refractivity contribution is 0.344. The molecule has 200 valence electrons. The van der Waals surface area contributed by atoms with Gasteiger partial charge in [0.2, 0.25) is 0 Å². The van der Waals surface area contributed by atoms with Gasteiger partial charge in [-0.1, -0.05) is 49.7 Å². The largest absolute Gasteiger partial charge is 0.379 e. The maximum atomic E-state index is 13.8. The number of halogens is 2. The molecule has 2 radical (unpaired) electrons. The standard InChI is InChI=1S/C29H27BClFN8/c1-28(2,3)24(10-11-33)36-26-17(14-34)15-35-27-22(26)12-20(13-23(27)31)37-29(30,18-4-6-19(32)7-5-18)25-16-40(39-38-25)21-8-9-21/h4-7,12-13,15-16,21,24,37H,8-10H2,1-3H3,(H,35,36)/t24-,29?/m1/s1. The lowest BCUT2D eigenvalue weighted by Crippen LogP contribution is -2.38. The summed E-state index contributed by atoms with van der Waals surface area (Å²) in [6.07, 6.45) is 5.55. The summed E-state index contributed by atoms with van der Waals surface area (Å²) in [6, 6.07) is 13.8. The maximum Gasteiger partial charge on any atom is 0.123 e. The number of pyridine rings is 1. The van der Waals surface area contributed by atoms with Gasteiger partial charge in [0, 0.05) is 23.3 Å². The predicted octanol–water partition coefficient (Wildman–Crippen LogP) is 6.05. The number of rotatable bonds is 8. The molecule has 8 nitrogen and oxygen atoms in total. The zero-order valence-corrected chi connectivity index (χ0v) is 23.2. The van der Waals surface area contributed by atoms with Crippen LogP contribution in [-0.2, 0) is 5.44 Å². The molecule has 0 amide bonds. The third-order valence-corrected chi connectivity index (χ3v) is 7.47. The molecule has 0 aliphatic heterocycles. The Bertz CT molecular complexity index is 1650. The topological polar surface area (TPSA) is 115 Å². The van der Waals surface area contributed by atoms with E-state index in [-0.39, 0.29) is 17.9 Å². The van der Waals surface area contributed by atoms with E-state index in [2.05, 4.69) is 38.1 Å². The molecule has 1 saturated carbocycles. The van der Waals surface area contributed by atoms with Crippen LogP contribution in [0.25, 0.3) is 10.9 Å². The maximum absolute atomic E-state index is 13.8. The fourth-order valence-electron chi connectivity index (χ4n) is 4.61. The minimum Gasteiger partial charge on any atom is -0.379 e. The van der Waals surface area contributed by atoms with Crippen LogP contribution in [0.3, 0.4) is 0 Å². The molecule has 2 heterocycles. The number of nitrogens with zero attached hydrogens (tertiary/aromatic N) is 6. The molecular weight excluding hydrogens is 526 g/mol. The molecule has 1 aliphatic carbocycles. The normalized spacial score (nSPS) is 15.6. The van der Waals surface area contributed by atoms with Gasteiger partial charge in [-0.15, -0.1) is 5.10 Å². The van der Waals surface area contributed by atoms with Gasteiger partial charge in [0.05, 0.1) is 52.0 Å². The highest BCUT2D eigenvalue weighted by Gasteiger charge is 2.34. The van der Waals surface area contributed by atoms with Crippen molar-refractivity contribution in [2.75, 3.05) is 10.6 Å². The lowest BCUT2D eigenvalue weighted by atomic mass is 9.69. The molecule has 2 aromatic carbocycles. The molecule has 1 aliphatic rings. The zero-order valence-electron chi connectivity index (χ0n) is 22.4. The lowest BCUT2D eigenvalue weighted by Gasteiger charge is -2.32.